The summed E-state index contributed by atoms with van der Waals surface area (Å²) >= 11 is 0. The Bertz CT molecular complexity index is 669. The summed E-state index contributed by atoms with van der Waals surface area (Å²) < 4.78 is 10.3. The van der Waals surface area contributed by atoms with Gasteiger partial charge in [0, 0.05) is 26.2 Å². The van der Waals surface area contributed by atoms with Gasteiger partial charge in [0.15, 0.2) is 11.5 Å². The maximum Gasteiger partial charge on any atom is 0.326 e. The third-order valence-electron chi connectivity index (χ3n) is 3.15. The second-order valence-corrected chi connectivity index (χ2v) is 5.23. The van der Waals surface area contributed by atoms with Crippen LogP contribution in [0.25, 0.3) is 0 Å². The fraction of sp³-hybridized carbons (Fsp3) is 0.412. The lowest BCUT2D eigenvalue weighted by Crippen LogP contribution is -2.41. The van der Waals surface area contributed by atoms with Crippen molar-refractivity contribution in [1.82, 2.24) is 5.32 Å². The largest absolute Gasteiger partial charge is 0.480 e. The van der Waals surface area contributed by atoms with E-state index in [1.54, 1.807) is 19.9 Å². The van der Waals surface area contributed by atoms with Crippen LogP contribution in [0, 0.1) is 0 Å². The minimum Gasteiger partial charge on any atom is -0.480 e. The number of ether oxygens (including phenoxy) is 2. The molecule has 0 bridgehead atoms. The Morgan fingerprint density at radius 2 is 1.60 bits per heavy atom. The molecule has 0 heterocycles. The summed E-state index contributed by atoms with van der Waals surface area (Å²) in [6, 6.07) is 3.26. The van der Waals surface area contributed by atoms with E-state index < -0.39 is 29.9 Å². The monoisotopic (exact) mass is 351 g/mol. The topological polar surface area (TPSA) is 119 Å². The van der Waals surface area contributed by atoms with Crippen molar-refractivity contribution in [2.75, 3.05) is 0 Å². The van der Waals surface area contributed by atoms with E-state index >= 15 is 0 Å². The zero-order valence-electron chi connectivity index (χ0n) is 14.3. The molecule has 1 amide bonds. The number of amides is 1. The van der Waals surface area contributed by atoms with E-state index in [9.17, 15) is 24.3 Å². The van der Waals surface area contributed by atoms with Crippen molar-refractivity contribution < 1.29 is 33.8 Å². The Labute approximate surface area is 145 Å². The highest BCUT2D eigenvalue weighted by Crippen LogP contribution is 2.30. The number of carbonyl (C=O) groups is 4. The van der Waals surface area contributed by atoms with Crippen LogP contribution in [0.15, 0.2) is 18.2 Å². The molecule has 8 heteroatoms. The molecule has 1 atom stereocenters. The third-order valence-corrected chi connectivity index (χ3v) is 3.15. The first-order valence-electron chi connectivity index (χ1n) is 7.81. The first-order valence-corrected chi connectivity index (χ1v) is 7.81. The lowest BCUT2D eigenvalue weighted by Gasteiger charge is -2.15. The average molecular weight is 351 g/mol. The van der Waals surface area contributed by atoms with Gasteiger partial charge < -0.3 is 19.9 Å². The molecule has 0 spiro atoms. The van der Waals surface area contributed by atoms with Crippen molar-refractivity contribution in [3.05, 3.63) is 23.8 Å². The first kappa shape index (κ1) is 20.1. The van der Waals surface area contributed by atoms with E-state index in [1.807, 2.05) is 0 Å². The predicted molar refractivity (Wildman–Crippen MR) is 87.2 cm³/mol. The van der Waals surface area contributed by atoms with E-state index in [1.165, 1.54) is 19.1 Å². The molecule has 8 nitrogen and oxygen atoms in total. The predicted octanol–water partition coefficient (Wildman–Crippen LogP) is 1.45. The smallest absolute Gasteiger partial charge is 0.326 e. The molecule has 25 heavy (non-hydrogen) atoms. The van der Waals surface area contributed by atoms with Gasteiger partial charge in [-0.1, -0.05) is 19.9 Å². The molecule has 2 N–H and O–H groups in total. The summed E-state index contributed by atoms with van der Waals surface area (Å²) in [5, 5.41) is 11.5. The van der Waals surface area contributed by atoms with Gasteiger partial charge in [-0.3, -0.25) is 14.4 Å². The Kier molecular flexibility index (Phi) is 7.58. The molecule has 0 saturated carbocycles. The van der Waals surface area contributed by atoms with E-state index in [0.29, 0.717) is 5.56 Å². The fourth-order valence-corrected chi connectivity index (χ4v) is 1.91. The fourth-order valence-electron chi connectivity index (χ4n) is 1.91. The van der Waals surface area contributed by atoms with Crippen molar-refractivity contribution in [2.45, 2.75) is 46.1 Å². The Morgan fingerprint density at radius 3 is 2.08 bits per heavy atom. The molecule has 136 valence electrons. The summed E-state index contributed by atoms with van der Waals surface area (Å²) in [5.74, 6) is -2.59. The highest BCUT2D eigenvalue weighted by molar-refractivity contribution is 5.82. The summed E-state index contributed by atoms with van der Waals surface area (Å²) in [6.45, 7) is 4.46. The Morgan fingerprint density at radius 1 is 1.04 bits per heavy atom. The van der Waals surface area contributed by atoms with Crippen LogP contribution >= 0.6 is 0 Å². The molecular weight excluding hydrogens is 330 g/mol. The second kappa shape index (κ2) is 9.41. The van der Waals surface area contributed by atoms with Crippen LogP contribution < -0.4 is 14.8 Å². The van der Waals surface area contributed by atoms with Crippen LogP contribution in [-0.2, 0) is 25.6 Å². The van der Waals surface area contributed by atoms with Crippen LogP contribution in [0.3, 0.4) is 0 Å². The summed E-state index contributed by atoms with van der Waals surface area (Å²) in [7, 11) is 0. The minimum absolute atomic E-state index is 0.0202. The molecule has 1 aromatic rings. The molecule has 0 aromatic heterocycles. The third kappa shape index (κ3) is 6.62. The Hall–Kier alpha value is -2.90. The molecule has 0 aliphatic carbocycles. The van der Waals surface area contributed by atoms with Gasteiger partial charge in [0.25, 0.3) is 0 Å². The van der Waals surface area contributed by atoms with Gasteiger partial charge >= 0.3 is 17.9 Å². The normalized spacial score (nSPS) is 11.3. The van der Waals surface area contributed by atoms with Crippen LogP contribution in [0.2, 0.25) is 0 Å². The molecule has 0 radical (unpaired) electrons. The van der Waals surface area contributed by atoms with E-state index in [2.05, 4.69) is 5.32 Å². The van der Waals surface area contributed by atoms with E-state index in [0.717, 1.165) is 0 Å². The van der Waals surface area contributed by atoms with Crippen molar-refractivity contribution >= 4 is 23.8 Å². The molecule has 0 aliphatic rings. The number of carboxylic acid groups (broad SMARTS) is 1. The maximum atomic E-state index is 11.6. The van der Waals surface area contributed by atoms with Gasteiger partial charge in [-0.05, 0) is 17.7 Å². The minimum atomic E-state index is -1.19. The van der Waals surface area contributed by atoms with Gasteiger partial charge in [0.2, 0.25) is 5.91 Å². The number of carbonyl (C=O) groups excluding carboxylic acids is 3. The van der Waals surface area contributed by atoms with E-state index in [4.69, 9.17) is 9.47 Å². The van der Waals surface area contributed by atoms with Crippen molar-refractivity contribution in [2.24, 2.45) is 0 Å². The van der Waals surface area contributed by atoms with Gasteiger partial charge in [0.05, 0.1) is 0 Å². The molecule has 0 unspecified atom stereocenters. The molecular formula is C17H21NO7. The van der Waals surface area contributed by atoms with Crippen molar-refractivity contribution in [1.29, 1.82) is 0 Å². The highest BCUT2D eigenvalue weighted by atomic mass is 16.6. The quantitative estimate of drug-likeness (QED) is 0.537. The number of aliphatic carboxylic acids is 1. The number of hydrogen-bond donors (Lipinski definition) is 2. The zero-order chi connectivity index (χ0) is 19.0. The van der Waals surface area contributed by atoms with Gasteiger partial charge in [-0.15, -0.1) is 0 Å². The lowest BCUT2D eigenvalue weighted by molar-refractivity contribution is -0.141. The molecule has 1 aromatic carbocycles. The van der Waals surface area contributed by atoms with Gasteiger partial charge in [-0.25, -0.2) is 4.79 Å². The maximum absolute atomic E-state index is 11.6. The van der Waals surface area contributed by atoms with Crippen LogP contribution in [0.5, 0.6) is 11.5 Å². The average Bonchev–Trinajstić information content (AvgIpc) is 2.55. The Balaban J connectivity index is 3.10. The number of nitrogens with one attached hydrogen (secondary N) is 1. The summed E-state index contributed by atoms with van der Waals surface area (Å²) in [6.07, 6.45) is 0.245. The number of benzene rings is 1. The van der Waals surface area contributed by atoms with Crippen LogP contribution in [0.4, 0.5) is 0 Å². The molecule has 1 rings (SSSR count). The van der Waals surface area contributed by atoms with Gasteiger partial charge in [-0.2, -0.15) is 0 Å². The molecule has 0 saturated heterocycles. The number of rotatable bonds is 8. The number of hydrogen-bond acceptors (Lipinski definition) is 6. The first-order chi connectivity index (χ1) is 11.8. The SMILES string of the molecule is CCC(=O)Oc1ccc(C[C@H](NC(C)=O)C(=O)O)cc1OC(=O)CC. The second-order valence-electron chi connectivity index (χ2n) is 5.23. The summed E-state index contributed by atoms with van der Waals surface area (Å²) in [5.41, 5.74) is 0.497. The standard InChI is InChI=1S/C17H21NO7/c1-4-15(20)24-13-7-6-11(9-14(13)25-16(21)5-2)8-12(17(22)23)18-10(3)19/h6-7,9,12H,4-5,8H2,1-3H3,(H,18,19)(H,22,23)/t12-/m0/s1. The number of carboxylic acids is 1. The van der Waals surface area contributed by atoms with Crippen LogP contribution in [-0.4, -0.2) is 35.0 Å². The zero-order valence-corrected chi connectivity index (χ0v) is 14.3. The molecule has 0 fully saturated rings. The van der Waals surface area contributed by atoms with Crippen molar-refractivity contribution in [3.8, 4) is 11.5 Å². The summed E-state index contributed by atoms with van der Waals surface area (Å²) in [4.78, 5) is 45.4. The van der Waals surface area contributed by atoms with Crippen molar-refractivity contribution in [3.63, 3.8) is 0 Å². The lowest BCUT2D eigenvalue weighted by atomic mass is 10.1. The van der Waals surface area contributed by atoms with E-state index in [-0.39, 0.29) is 30.8 Å². The van der Waals surface area contributed by atoms with Gasteiger partial charge in [0.1, 0.15) is 6.04 Å². The highest BCUT2D eigenvalue weighted by Gasteiger charge is 2.20. The number of esters is 2. The molecule has 0 aliphatic heterocycles. The van der Waals surface area contributed by atoms with Crippen LogP contribution in [0.1, 0.15) is 39.2 Å².